The Morgan fingerprint density at radius 1 is 0.418 bits per heavy atom. The molecule has 3 heterocycles. The van der Waals surface area contributed by atoms with Crippen LogP contribution in [-0.4, -0.2) is 13.7 Å². The number of para-hydroxylation sites is 4. The molecule has 0 aliphatic carbocycles. The average molecular weight is 700 g/mol. The molecular formula is C50H29N5. The van der Waals surface area contributed by atoms with Crippen LogP contribution < -0.4 is 0 Å². The lowest BCUT2D eigenvalue weighted by Gasteiger charge is -2.13. The molecule has 254 valence electrons. The zero-order chi connectivity index (χ0) is 36.6. The van der Waals surface area contributed by atoms with Gasteiger partial charge in [0.1, 0.15) is 6.07 Å². The summed E-state index contributed by atoms with van der Waals surface area (Å²) in [5, 5.41) is 17.6. The van der Waals surface area contributed by atoms with Gasteiger partial charge in [0.05, 0.1) is 56.6 Å². The summed E-state index contributed by atoms with van der Waals surface area (Å²) in [5.41, 5.74) is 12.8. The number of aromatic nitrogens is 3. The minimum atomic E-state index is 0.601. The summed E-state index contributed by atoms with van der Waals surface area (Å²) in [6.07, 6.45) is 0. The zero-order valence-corrected chi connectivity index (χ0v) is 29.5. The fraction of sp³-hybridized carbons (Fsp3) is 0. The zero-order valence-electron chi connectivity index (χ0n) is 29.5. The van der Waals surface area contributed by atoms with Crippen LogP contribution in [0.5, 0.6) is 0 Å². The molecular weight excluding hydrogens is 671 g/mol. The predicted octanol–water partition coefficient (Wildman–Crippen LogP) is 13.1. The molecule has 5 heteroatoms. The third-order valence-electron chi connectivity index (χ3n) is 11.1. The van der Waals surface area contributed by atoms with Gasteiger partial charge in [-0.2, -0.15) is 5.26 Å². The van der Waals surface area contributed by atoms with Crippen LogP contribution in [0.3, 0.4) is 0 Å². The maximum Gasteiger partial charge on any atom is 0.188 e. The predicted molar refractivity (Wildman–Crippen MR) is 226 cm³/mol. The summed E-state index contributed by atoms with van der Waals surface area (Å²) in [6, 6.07) is 63.7. The van der Waals surface area contributed by atoms with Gasteiger partial charge in [-0.25, -0.2) is 4.85 Å². The van der Waals surface area contributed by atoms with E-state index in [0.717, 1.165) is 82.8 Å². The van der Waals surface area contributed by atoms with Gasteiger partial charge < -0.3 is 13.7 Å². The fourth-order valence-electron chi connectivity index (χ4n) is 8.74. The van der Waals surface area contributed by atoms with E-state index >= 15 is 0 Å². The summed E-state index contributed by atoms with van der Waals surface area (Å²) in [5.74, 6) is 0. The second-order valence-corrected chi connectivity index (χ2v) is 13.9. The topological polar surface area (TPSA) is 42.9 Å². The van der Waals surface area contributed by atoms with E-state index in [-0.39, 0.29) is 0 Å². The minimum absolute atomic E-state index is 0.601. The number of fused-ring (bicyclic) bond motifs is 9. The van der Waals surface area contributed by atoms with Crippen molar-refractivity contribution >= 4 is 71.1 Å². The Hall–Kier alpha value is -7.86. The number of hydrogen-bond acceptors (Lipinski definition) is 1. The smallest absolute Gasteiger partial charge is 0.188 e. The first-order valence-electron chi connectivity index (χ1n) is 18.3. The Morgan fingerprint density at radius 3 is 1.60 bits per heavy atom. The average Bonchev–Trinajstić information content (AvgIpc) is 3.89. The second kappa shape index (κ2) is 11.8. The van der Waals surface area contributed by atoms with Crippen molar-refractivity contribution in [1.29, 1.82) is 5.26 Å². The lowest BCUT2D eigenvalue weighted by molar-refractivity contribution is 1.16. The van der Waals surface area contributed by atoms with Crippen molar-refractivity contribution in [3.05, 3.63) is 193 Å². The molecule has 0 saturated heterocycles. The van der Waals surface area contributed by atoms with Crippen LogP contribution in [0.15, 0.2) is 176 Å². The number of nitriles is 1. The highest BCUT2D eigenvalue weighted by molar-refractivity contribution is 6.16. The van der Waals surface area contributed by atoms with E-state index in [1.165, 1.54) is 10.8 Å². The third kappa shape index (κ3) is 4.45. The summed E-state index contributed by atoms with van der Waals surface area (Å²) in [6.45, 7) is 7.54. The van der Waals surface area contributed by atoms with E-state index in [0.29, 0.717) is 11.3 Å². The molecule has 0 unspecified atom stereocenters. The Bertz CT molecular complexity index is 3400. The molecule has 55 heavy (non-hydrogen) atoms. The van der Waals surface area contributed by atoms with Gasteiger partial charge in [0.2, 0.25) is 0 Å². The highest BCUT2D eigenvalue weighted by atomic mass is 15.0. The van der Waals surface area contributed by atoms with E-state index in [4.69, 9.17) is 6.57 Å². The molecule has 0 aliphatic heterocycles. The first-order valence-corrected chi connectivity index (χ1v) is 18.3. The Labute approximate surface area is 316 Å². The molecule has 0 saturated carbocycles. The summed E-state index contributed by atoms with van der Waals surface area (Å²) >= 11 is 0. The lowest BCUT2D eigenvalue weighted by Crippen LogP contribution is -1.99. The van der Waals surface area contributed by atoms with Crippen LogP contribution in [0.4, 0.5) is 5.69 Å². The van der Waals surface area contributed by atoms with E-state index in [9.17, 15) is 5.26 Å². The van der Waals surface area contributed by atoms with Gasteiger partial charge >= 0.3 is 0 Å². The van der Waals surface area contributed by atoms with Crippen molar-refractivity contribution in [2.75, 3.05) is 0 Å². The summed E-state index contributed by atoms with van der Waals surface area (Å²) in [4.78, 5) is 3.67. The van der Waals surface area contributed by atoms with Gasteiger partial charge in [-0.15, -0.1) is 0 Å². The first-order chi connectivity index (χ1) is 27.2. The molecule has 0 N–H and O–H groups in total. The molecule has 8 aromatic carbocycles. The van der Waals surface area contributed by atoms with E-state index in [2.05, 4.69) is 170 Å². The number of nitrogens with zero attached hydrogens (tertiary/aromatic N) is 5. The molecule has 3 aromatic heterocycles. The maximum atomic E-state index is 10.7. The van der Waals surface area contributed by atoms with Crippen LogP contribution in [0, 0.1) is 17.9 Å². The summed E-state index contributed by atoms with van der Waals surface area (Å²) < 4.78 is 6.88. The van der Waals surface area contributed by atoms with Crippen LogP contribution in [-0.2, 0) is 0 Å². The van der Waals surface area contributed by atoms with Crippen molar-refractivity contribution in [3.63, 3.8) is 0 Å². The van der Waals surface area contributed by atoms with Crippen molar-refractivity contribution in [1.82, 2.24) is 13.7 Å². The molecule has 11 rings (SSSR count). The Balaban J connectivity index is 1.05. The SMILES string of the molecule is [C-]#[N+]c1ccc2c(c1)c1ccccc1n2-c1ccc(-c2ccc(-n3c4ccccc4c4c(-n5c6ccccc6c6ccccc65)cccc43)c(C#N)c2)cc1. The number of hydrogen-bond donors (Lipinski definition) is 0. The maximum absolute atomic E-state index is 10.7. The molecule has 0 radical (unpaired) electrons. The van der Waals surface area contributed by atoms with Gasteiger partial charge in [-0.3, -0.25) is 0 Å². The van der Waals surface area contributed by atoms with E-state index in [1.807, 2.05) is 30.3 Å². The van der Waals surface area contributed by atoms with E-state index in [1.54, 1.807) is 0 Å². The summed E-state index contributed by atoms with van der Waals surface area (Å²) in [7, 11) is 0. The van der Waals surface area contributed by atoms with Crippen molar-refractivity contribution in [2.24, 2.45) is 0 Å². The second-order valence-electron chi connectivity index (χ2n) is 13.9. The van der Waals surface area contributed by atoms with Gasteiger partial charge in [-0.05, 0) is 89.3 Å². The monoisotopic (exact) mass is 699 g/mol. The van der Waals surface area contributed by atoms with Crippen LogP contribution >= 0.6 is 0 Å². The van der Waals surface area contributed by atoms with Gasteiger partial charge in [0, 0.05) is 32.6 Å². The molecule has 0 amide bonds. The molecule has 0 fully saturated rings. The van der Waals surface area contributed by atoms with Crippen LogP contribution in [0.2, 0.25) is 0 Å². The van der Waals surface area contributed by atoms with Gasteiger partial charge in [0.15, 0.2) is 5.69 Å². The van der Waals surface area contributed by atoms with Gasteiger partial charge in [-0.1, -0.05) is 103 Å². The van der Waals surface area contributed by atoms with Crippen LogP contribution in [0.1, 0.15) is 5.56 Å². The number of rotatable bonds is 4. The van der Waals surface area contributed by atoms with Crippen molar-refractivity contribution in [3.8, 4) is 34.3 Å². The molecule has 0 spiro atoms. The Kier molecular flexibility index (Phi) is 6.61. The largest absolute Gasteiger partial charge is 0.309 e. The molecule has 5 nitrogen and oxygen atoms in total. The van der Waals surface area contributed by atoms with Crippen LogP contribution in [0.25, 0.3) is 98.5 Å². The highest BCUT2D eigenvalue weighted by Crippen LogP contribution is 2.41. The van der Waals surface area contributed by atoms with Crippen molar-refractivity contribution in [2.45, 2.75) is 0 Å². The molecule has 0 bridgehead atoms. The Morgan fingerprint density at radius 2 is 0.945 bits per heavy atom. The molecule has 0 atom stereocenters. The molecule has 0 aliphatic rings. The molecule has 11 aromatic rings. The lowest BCUT2D eigenvalue weighted by atomic mass is 10.0. The van der Waals surface area contributed by atoms with Gasteiger partial charge in [0.25, 0.3) is 0 Å². The first kappa shape index (κ1) is 30.7. The standard InChI is InChI=1S/C50H29N5/c1-52-35-24-28-47-41(30-35)39-13-4-6-15-43(39)53(47)36-25-21-32(22-26-36)33-23-27-42(34(29-33)31-51)54-46-18-9-5-14-40(46)50-48(54)19-10-20-49(50)55-44-16-7-2-11-37(44)38-12-3-8-17-45(38)55/h2-30H. The van der Waals surface area contributed by atoms with E-state index < -0.39 is 0 Å². The minimum Gasteiger partial charge on any atom is -0.309 e. The fourth-order valence-corrected chi connectivity index (χ4v) is 8.74. The van der Waals surface area contributed by atoms with Crippen molar-refractivity contribution < 1.29 is 0 Å². The number of benzene rings is 8. The quantitative estimate of drug-likeness (QED) is 0.169. The third-order valence-corrected chi connectivity index (χ3v) is 11.1. The normalized spacial score (nSPS) is 11.6. The highest BCUT2D eigenvalue weighted by Gasteiger charge is 2.21.